The molecule has 0 aromatic carbocycles. The molecule has 0 heterocycles. The molecule has 6 heteroatoms. The molecule has 0 aliphatic carbocycles. The van der Waals surface area contributed by atoms with Crippen molar-refractivity contribution in [2.75, 3.05) is 0 Å². The third-order valence-electron chi connectivity index (χ3n) is 4.21. The summed E-state index contributed by atoms with van der Waals surface area (Å²) in [5, 5.41) is 24.3. The van der Waals surface area contributed by atoms with Gasteiger partial charge in [0.05, 0.1) is 12.8 Å². The minimum Gasteiger partial charge on any atom is -0.481 e. The summed E-state index contributed by atoms with van der Waals surface area (Å²) in [6.45, 7) is 2.25. The lowest BCUT2D eigenvalue weighted by atomic mass is 10.1. The van der Waals surface area contributed by atoms with Crippen LogP contribution in [0.5, 0.6) is 0 Å². The van der Waals surface area contributed by atoms with Gasteiger partial charge in [-0.05, 0) is 32.1 Å². The van der Waals surface area contributed by atoms with Crippen molar-refractivity contribution < 1.29 is 29.7 Å². The van der Waals surface area contributed by atoms with Crippen LogP contribution in [0.25, 0.3) is 0 Å². The number of carbonyl (C=O) groups is 3. The first-order valence-electron chi connectivity index (χ1n) is 10.7. The van der Waals surface area contributed by atoms with Gasteiger partial charge in [0.2, 0.25) is 0 Å². The second-order valence-electron chi connectivity index (χ2n) is 7.02. The lowest BCUT2D eigenvalue weighted by Gasteiger charge is -2.00. The number of hydrogen-bond acceptors (Lipinski definition) is 3. The number of carboxylic acids is 3. The molecular formula is C22H40O6. The van der Waals surface area contributed by atoms with Gasteiger partial charge in [-0.25, -0.2) is 0 Å². The predicted octanol–water partition coefficient (Wildman–Crippen LogP) is 6.04. The Bertz CT molecular complexity index is 403. The van der Waals surface area contributed by atoms with E-state index in [0.29, 0.717) is 6.42 Å². The van der Waals surface area contributed by atoms with Crippen LogP contribution in [0.2, 0.25) is 0 Å². The van der Waals surface area contributed by atoms with Crippen LogP contribution in [0.1, 0.15) is 110 Å². The summed E-state index contributed by atoms with van der Waals surface area (Å²) in [5.41, 5.74) is 0. The average Bonchev–Trinajstić information content (AvgIpc) is 2.63. The largest absolute Gasteiger partial charge is 0.481 e. The molecule has 0 aromatic rings. The molecular weight excluding hydrogens is 360 g/mol. The zero-order valence-electron chi connectivity index (χ0n) is 17.5. The molecule has 0 atom stereocenters. The molecule has 3 N–H and O–H groups in total. The molecule has 0 unspecified atom stereocenters. The molecule has 0 fully saturated rings. The fourth-order valence-electron chi connectivity index (χ4n) is 2.56. The highest BCUT2D eigenvalue weighted by molar-refractivity contribution is 5.75. The number of unbranched alkanes of at least 4 members (excludes halogenated alkanes) is 11. The maximum atomic E-state index is 10.3. The van der Waals surface area contributed by atoms with Gasteiger partial charge in [-0.1, -0.05) is 70.4 Å². The van der Waals surface area contributed by atoms with Crippen LogP contribution in [0.15, 0.2) is 12.2 Å². The van der Waals surface area contributed by atoms with Crippen molar-refractivity contribution >= 4 is 17.9 Å². The van der Waals surface area contributed by atoms with E-state index in [2.05, 4.69) is 19.1 Å². The highest BCUT2D eigenvalue weighted by Crippen LogP contribution is 2.10. The summed E-state index contributed by atoms with van der Waals surface area (Å²) in [6.07, 6.45) is 20.6. The van der Waals surface area contributed by atoms with Crippen LogP contribution in [-0.2, 0) is 14.4 Å². The fourth-order valence-corrected chi connectivity index (χ4v) is 2.56. The molecule has 0 spiro atoms. The van der Waals surface area contributed by atoms with Gasteiger partial charge in [-0.15, -0.1) is 0 Å². The Hall–Kier alpha value is -1.85. The summed E-state index contributed by atoms with van der Waals surface area (Å²) in [5.74, 6) is -2.81. The molecule has 0 amide bonds. The molecule has 0 saturated heterocycles. The SMILES string of the molecule is CCCCCC/C=C/CCCCCCCCCC(=O)O.O=C(O)CCC(=O)O. The Kier molecular flexibility index (Phi) is 23.5. The Morgan fingerprint density at radius 3 is 1.29 bits per heavy atom. The summed E-state index contributed by atoms with van der Waals surface area (Å²) >= 11 is 0. The first kappa shape index (κ1) is 28.4. The fraction of sp³-hybridized carbons (Fsp3) is 0.773. The van der Waals surface area contributed by atoms with E-state index in [1.807, 2.05) is 0 Å². The van der Waals surface area contributed by atoms with Crippen molar-refractivity contribution in [3.8, 4) is 0 Å². The monoisotopic (exact) mass is 400 g/mol. The molecule has 0 rings (SSSR count). The van der Waals surface area contributed by atoms with Crippen molar-refractivity contribution in [1.29, 1.82) is 0 Å². The Balaban J connectivity index is 0. The third kappa shape index (κ3) is 31.9. The smallest absolute Gasteiger partial charge is 0.303 e. The standard InChI is InChI=1S/C18H34O2.C4H6O4/c1-2-3-4-5-6-7-8-9-10-11-12-13-14-15-16-17-18(19)20;5-3(6)1-2-4(7)8/h7-8H,2-6,9-17H2,1H3,(H,19,20);1-2H2,(H,5,6)(H,7,8)/b8-7+;. The van der Waals surface area contributed by atoms with Gasteiger partial charge in [0.15, 0.2) is 0 Å². The maximum Gasteiger partial charge on any atom is 0.303 e. The van der Waals surface area contributed by atoms with Crippen molar-refractivity contribution in [2.45, 2.75) is 110 Å². The zero-order chi connectivity index (χ0) is 21.5. The van der Waals surface area contributed by atoms with Crippen LogP contribution in [0, 0.1) is 0 Å². The van der Waals surface area contributed by atoms with Crippen LogP contribution >= 0.6 is 0 Å². The van der Waals surface area contributed by atoms with E-state index in [1.54, 1.807) is 0 Å². The van der Waals surface area contributed by atoms with E-state index in [4.69, 9.17) is 15.3 Å². The summed E-state index contributed by atoms with van der Waals surface area (Å²) in [7, 11) is 0. The molecule has 0 radical (unpaired) electrons. The van der Waals surface area contributed by atoms with Gasteiger partial charge in [-0.3, -0.25) is 14.4 Å². The normalized spacial score (nSPS) is 10.5. The van der Waals surface area contributed by atoms with Gasteiger partial charge in [0.25, 0.3) is 0 Å². The lowest BCUT2D eigenvalue weighted by molar-refractivity contribution is -0.143. The summed E-state index contributed by atoms with van der Waals surface area (Å²) in [6, 6.07) is 0. The predicted molar refractivity (Wildman–Crippen MR) is 112 cm³/mol. The van der Waals surface area contributed by atoms with Gasteiger partial charge >= 0.3 is 17.9 Å². The topological polar surface area (TPSA) is 112 Å². The van der Waals surface area contributed by atoms with Gasteiger partial charge in [0, 0.05) is 6.42 Å². The number of carboxylic acid groups (broad SMARTS) is 3. The Morgan fingerprint density at radius 2 is 0.893 bits per heavy atom. The highest BCUT2D eigenvalue weighted by Gasteiger charge is 2.00. The van der Waals surface area contributed by atoms with E-state index < -0.39 is 17.9 Å². The zero-order valence-corrected chi connectivity index (χ0v) is 17.5. The van der Waals surface area contributed by atoms with Crippen molar-refractivity contribution in [3.05, 3.63) is 12.2 Å². The Labute approximate surface area is 170 Å². The molecule has 0 aliphatic rings. The van der Waals surface area contributed by atoms with Crippen molar-refractivity contribution in [3.63, 3.8) is 0 Å². The minimum absolute atomic E-state index is 0.296. The molecule has 0 bridgehead atoms. The van der Waals surface area contributed by atoms with E-state index in [9.17, 15) is 14.4 Å². The van der Waals surface area contributed by atoms with Crippen LogP contribution in [-0.4, -0.2) is 33.2 Å². The number of aliphatic carboxylic acids is 3. The number of hydrogen-bond donors (Lipinski definition) is 3. The average molecular weight is 401 g/mol. The number of rotatable bonds is 18. The van der Waals surface area contributed by atoms with E-state index >= 15 is 0 Å². The maximum absolute atomic E-state index is 10.3. The second kappa shape index (κ2) is 23.2. The van der Waals surface area contributed by atoms with Crippen LogP contribution in [0.4, 0.5) is 0 Å². The van der Waals surface area contributed by atoms with Crippen LogP contribution in [0.3, 0.4) is 0 Å². The molecule has 164 valence electrons. The molecule has 6 nitrogen and oxygen atoms in total. The molecule has 0 aromatic heterocycles. The van der Waals surface area contributed by atoms with Crippen molar-refractivity contribution in [2.24, 2.45) is 0 Å². The molecule has 0 aliphatic heterocycles. The second-order valence-corrected chi connectivity index (χ2v) is 7.02. The van der Waals surface area contributed by atoms with E-state index in [1.165, 1.54) is 70.6 Å². The summed E-state index contributed by atoms with van der Waals surface area (Å²) < 4.78 is 0. The first-order chi connectivity index (χ1) is 13.4. The molecule has 0 saturated carbocycles. The minimum atomic E-state index is -1.08. The Morgan fingerprint density at radius 1 is 0.536 bits per heavy atom. The van der Waals surface area contributed by atoms with E-state index in [0.717, 1.165) is 12.8 Å². The first-order valence-corrected chi connectivity index (χ1v) is 10.7. The van der Waals surface area contributed by atoms with E-state index in [-0.39, 0.29) is 12.8 Å². The lowest BCUT2D eigenvalue weighted by Crippen LogP contribution is -2.00. The van der Waals surface area contributed by atoms with Gasteiger partial charge in [-0.2, -0.15) is 0 Å². The third-order valence-corrected chi connectivity index (χ3v) is 4.21. The highest BCUT2D eigenvalue weighted by atomic mass is 16.4. The summed E-state index contributed by atoms with van der Waals surface area (Å²) in [4.78, 5) is 29.6. The van der Waals surface area contributed by atoms with Crippen molar-refractivity contribution in [1.82, 2.24) is 0 Å². The number of allylic oxidation sites excluding steroid dienone is 2. The molecule has 28 heavy (non-hydrogen) atoms. The van der Waals surface area contributed by atoms with Gasteiger partial charge in [0.1, 0.15) is 0 Å². The van der Waals surface area contributed by atoms with Crippen LogP contribution < -0.4 is 0 Å². The quantitative estimate of drug-likeness (QED) is 0.191. The van der Waals surface area contributed by atoms with Gasteiger partial charge < -0.3 is 15.3 Å².